The average molecular weight is 499 g/mol. The second-order valence-electron chi connectivity index (χ2n) is 5.98. The molecule has 0 aliphatic rings. The molecule has 3 nitrogen and oxygen atoms in total. The molecule has 0 bridgehead atoms. The number of halogens is 2. The van der Waals surface area contributed by atoms with Gasteiger partial charge in [-0.15, -0.1) is 0 Å². The molecule has 0 fully saturated rings. The van der Waals surface area contributed by atoms with Crippen LogP contribution < -0.4 is 9.47 Å². The lowest BCUT2D eigenvalue weighted by Gasteiger charge is -2.13. The van der Waals surface area contributed by atoms with Crippen molar-refractivity contribution in [3.63, 3.8) is 0 Å². The molecule has 3 aromatic rings. The van der Waals surface area contributed by atoms with Crippen LogP contribution in [0.15, 0.2) is 75.7 Å². The molecule has 0 saturated carbocycles. The summed E-state index contributed by atoms with van der Waals surface area (Å²) in [7, 11) is 1.60. The van der Waals surface area contributed by atoms with Gasteiger partial charge in [0.05, 0.1) is 18.8 Å². The van der Waals surface area contributed by atoms with Crippen molar-refractivity contribution < 1.29 is 9.47 Å². The van der Waals surface area contributed by atoms with Crippen LogP contribution in [0.5, 0.6) is 11.5 Å². The van der Waals surface area contributed by atoms with E-state index in [-0.39, 0.29) is 0 Å². The summed E-state index contributed by atoms with van der Waals surface area (Å²) < 4.78 is 13.2. The Hall–Kier alpha value is -2.55. The highest BCUT2D eigenvalue weighted by molar-refractivity contribution is 9.10. The summed E-state index contributed by atoms with van der Waals surface area (Å²) in [5, 5.41) is 9.59. The summed E-state index contributed by atoms with van der Waals surface area (Å²) in [4.78, 5) is 0. The van der Waals surface area contributed by atoms with E-state index in [4.69, 9.17) is 9.47 Å². The van der Waals surface area contributed by atoms with Crippen LogP contribution in [0.2, 0.25) is 0 Å². The van der Waals surface area contributed by atoms with Crippen molar-refractivity contribution in [3.05, 3.63) is 92.4 Å². The molecule has 0 aliphatic carbocycles. The van der Waals surface area contributed by atoms with Crippen molar-refractivity contribution in [3.8, 4) is 17.6 Å². The maximum atomic E-state index is 9.59. The highest BCUT2D eigenvalue weighted by atomic mass is 79.9. The van der Waals surface area contributed by atoms with Gasteiger partial charge in [0, 0.05) is 8.95 Å². The third kappa shape index (κ3) is 5.03. The third-order valence-corrected chi connectivity index (χ3v) is 5.31. The van der Waals surface area contributed by atoms with Crippen molar-refractivity contribution in [2.45, 2.75) is 6.61 Å². The fourth-order valence-corrected chi connectivity index (χ4v) is 3.34. The van der Waals surface area contributed by atoms with Crippen LogP contribution >= 0.6 is 31.9 Å². The van der Waals surface area contributed by atoms with Crippen molar-refractivity contribution in [2.75, 3.05) is 7.11 Å². The summed E-state index contributed by atoms with van der Waals surface area (Å²) >= 11 is 6.99. The van der Waals surface area contributed by atoms with Crippen LogP contribution in [0.25, 0.3) is 11.6 Å². The molecule has 0 amide bonds. The van der Waals surface area contributed by atoms with E-state index in [1.54, 1.807) is 7.11 Å². The quantitative estimate of drug-likeness (QED) is 0.275. The standard InChI is InChI=1S/C23H17Br2NO2/c1-27-22-12-18(11-19(14-26)17-7-9-20(24)10-8-17)21(25)13-23(22)28-15-16-5-3-2-4-6-16/h2-13H,15H2,1H3. The van der Waals surface area contributed by atoms with Crippen LogP contribution in [0, 0.1) is 11.3 Å². The summed E-state index contributed by atoms with van der Waals surface area (Å²) in [6, 6.07) is 23.6. The minimum Gasteiger partial charge on any atom is -0.493 e. The van der Waals surface area contributed by atoms with Crippen molar-refractivity contribution in [1.82, 2.24) is 0 Å². The van der Waals surface area contributed by atoms with Gasteiger partial charge in [0.2, 0.25) is 0 Å². The van der Waals surface area contributed by atoms with Crippen molar-refractivity contribution in [1.29, 1.82) is 5.26 Å². The summed E-state index contributed by atoms with van der Waals surface area (Å²) in [5.41, 5.74) is 3.32. The number of hydrogen-bond acceptors (Lipinski definition) is 3. The monoisotopic (exact) mass is 497 g/mol. The summed E-state index contributed by atoms with van der Waals surface area (Å²) in [6.45, 7) is 0.446. The van der Waals surface area contributed by atoms with Crippen molar-refractivity contribution >= 4 is 43.5 Å². The Morgan fingerprint density at radius 2 is 1.71 bits per heavy atom. The Kier molecular flexibility index (Phi) is 6.91. The number of allylic oxidation sites excluding steroid dienone is 1. The molecule has 0 aliphatic heterocycles. The molecule has 140 valence electrons. The molecular weight excluding hydrogens is 482 g/mol. The number of nitriles is 1. The molecule has 0 saturated heterocycles. The van der Waals surface area contributed by atoms with Gasteiger partial charge in [0.15, 0.2) is 11.5 Å². The van der Waals surface area contributed by atoms with Gasteiger partial charge in [-0.1, -0.05) is 74.3 Å². The van der Waals surface area contributed by atoms with Crippen LogP contribution in [-0.4, -0.2) is 7.11 Å². The number of methoxy groups -OCH3 is 1. The second-order valence-corrected chi connectivity index (χ2v) is 7.75. The Morgan fingerprint density at radius 1 is 1.00 bits per heavy atom. The zero-order chi connectivity index (χ0) is 19.9. The number of nitrogens with zero attached hydrogens (tertiary/aromatic N) is 1. The van der Waals surface area contributed by atoms with Gasteiger partial charge in [-0.2, -0.15) is 5.26 Å². The lowest BCUT2D eigenvalue weighted by Crippen LogP contribution is -1.98. The Balaban J connectivity index is 1.90. The topological polar surface area (TPSA) is 42.2 Å². The Morgan fingerprint density at radius 3 is 2.36 bits per heavy atom. The van der Waals surface area contributed by atoms with Gasteiger partial charge in [-0.25, -0.2) is 0 Å². The molecule has 0 heterocycles. The summed E-state index contributed by atoms with van der Waals surface area (Å²) in [6.07, 6.45) is 1.83. The average Bonchev–Trinajstić information content (AvgIpc) is 2.73. The van der Waals surface area contributed by atoms with Crippen LogP contribution in [0.1, 0.15) is 16.7 Å². The molecule has 0 N–H and O–H groups in total. The number of benzene rings is 3. The van der Waals surface area contributed by atoms with E-state index < -0.39 is 0 Å². The van der Waals surface area contributed by atoms with E-state index in [1.807, 2.05) is 72.8 Å². The third-order valence-electron chi connectivity index (χ3n) is 4.10. The number of rotatable bonds is 6. The molecule has 0 spiro atoms. The van der Waals surface area contributed by atoms with Gasteiger partial charge < -0.3 is 9.47 Å². The largest absolute Gasteiger partial charge is 0.493 e. The van der Waals surface area contributed by atoms with Gasteiger partial charge >= 0.3 is 0 Å². The lowest BCUT2D eigenvalue weighted by atomic mass is 10.0. The van der Waals surface area contributed by atoms with Gasteiger partial charge in [0.1, 0.15) is 6.61 Å². The van der Waals surface area contributed by atoms with E-state index >= 15 is 0 Å². The van der Waals surface area contributed by atoms with Crippen LogP contribution in [-0.2, 0) is 6.61 Å². The van der Waals surface area contributed by atoms with Gasteiger partial charge in [-0.3, -0.25) is 0 Å². The predicted molar refractivity (Wildman–Crippen MR) is 119 cm³/mol. The summed E-state index contributed by atoms with van der Waals surface area (Å²) in [5.74, 6) is 1.25. The normalized spacial score (nSPS) is 11.0. The first kappa shape index (κ1) is 20.2. The van der Waals surface area contributed by atoms with Gasteiger partial charge in [-0.05, 0) is 47.0 Å². The molecule has 0 radical (unpaired) electrons. The molecule has 28 heavy (non-hydrogen) atoms. The maximum absolute atomic E-state index is 9.59. The number of hydrogen-bond donors (Lipinski definition) is 0. The number of ether oxygens (including phenoxy) is 2. The second kappa shape index (κ2) is 9.59. The van der Waals surface area contributed by atoms with Gasteiger partial charge in [0.25, 0.3) is 0 Å². The highest BCUT2D eigenvalue weighted by Crippen LogP contribution is 2.36. The molecule has 3 rings (SSSR count). The van der Waals surface area contributed by atoms with Crippen LogP contribution in [0.4, 0.5) is 0 Å². The maximum Gasteiger partial charge on any atom is 0.162 e. The zero-order valence-corrected chi connectivity index (χ0v) is 18.3. The zero-order valence-electron chi connectivity index (χ0n) is 15.2. The molecule has 0 atom stereocenters. The lowest BCUT2D eigenvalue weighted by molar-refractivity contribution is 0.284. The first-order valence-corrected chi connectivity index (χ1v) is 10.1. The Bertz CT molecular complexity index is 1020. The van der Waals surface area contributed by atoms with Crippen LogP contribution in [0.3, 0.4) is 0 Å². The minimum atomic E-state index is 0.446. The first-order valence-electron chi connectivity index (χ1n) is 8.52. The molecule has 0 unspecified atom stereocenters. The first-order chi connectivity index (χ1) is 13.6. The highest BCUT2D eigenvalue weighted by Gasteiger charge is 2.11. The van der Waals surface area contributed by atoms with E-state index in [1.165, 1.54) is 0 Å². The SMILES string of the molecule is COc1cc(C=C(C#N)c2ccc(Br)cc2)c(Br)cc1OCc1ccccc1. The Labute approximate surface area is 181 Å². The van der Waals surface area contributed by atoms with Crippen molar-refractivity contribution in [2.24, 2.45) is 0 Å². The predicted octanol–water partition coefficient (Wildman–Crippen LogP) is 6.86. The molecule has 5 heteroatoms. The minimum absolute atomic E-state index is 0.446. The molecule has 0 aromatic heterocycles. The smallest absolute Gasteiger partial charge is 0.162 e. The van der Waals surface area contributed by atoms with E-state index in [0.29, 0.717) is 23.7 Å². The fourth-order valence-electron chi connectivity index (χ4n) is 2.63. The van der Waals surface area contributed by atoms with E-state index in [2.05, 4.69) is 37.9 Å². The van der Waals surface area contributed by atoms with E-state index in [9.17, 15) is 5.26 Å². The van der Waals surface area contributed by atoms with E-state index in [0.717, 1.165) is 25.6 Å². The fraction of sp³-hybridized carbons (Fsp3) is 0.0870. The molecular formula is C23H17Br2NO2. The molecule has 3 aromatic carbocycles.